The molecular formula is C19H19F2NO2. The van der Waals surface area contributed by atoms with Crippen LogP contribution in [0.5, 0.6) is 0 Å². The Morgan fingerprint density at radius 1 is 1.12 bits per heavy atom. The standard InChI is InChI=1S/C19H19F2NO2/c1-24-19(23)16-12-22(10-13-5-3-2-4-6-13)11-15(16)14-7-8-17(20)18(21)9-14/h2-9,15-16H,10-12H2,1H3. The summed E-state index contributed by atoms with van der Waals surface area (Å²) >= 11 is 0. The lowest BCUT2D eigenvalue weighted by atomic mass is 9.89. The minimum absolute atomic E-state index is 0.212. The number of likely N-dealkylation sites (tertiary alicyclic amines) is 1. The van der Waals surface area contributed by atoms with Gasteiger partial charge in [-0.25, -0.2) is 8.78 Å². The highest BCUT2D eigenvalue weighted by Gasteiger charge is 2.39. The van der Waals surface area contributed by atoms with Crippen molar-refractivity contribution in [1.82, 2.24) is 4.90 Å². The van der Waals surface area contributed by atoms with E-state index < -0.39 is 11.6 Å². The lowest BCUT2D eigenvalue weighted by Gasteiger charge is -2.17. The predicted molar refractivity (Wildman–Crippen MR) is 86.3 cm³/mol. The number of rotatable bonds is 4. The molecule has 2 atom stereocenters. The highest BCUT2D eigenvalue weighted by Crippen LogP contribution is 2.34. The van der Waals surface area contributed by atoms with Crippen molar-refractivity contribution in [2.24, 2.45) is 5.92 Å². The fourth-order valence-electron chi connectivity index (χ4n) is 3.33. The molecule has 0 saturated carbocycles. The number of carbonyl (C=O) groups is 1. The van der Waals surface area contributed by atoms with Crippen molar-refractivity contribution in [3.8, 4) is 0 Å². The molecule has 1 fully saturated rings. The second-order valence-corrected chi connectivity index (χ2v) is 6.09. The van der Waals surface area contributed by atoms with Gasteiger partial charge in [-0.3, -0.25) is 9.69 Å². The first-order valence-corrected chi connectivity index (χ1v) is 7.87. The molecule has 0 aliphatic carbocycles. The van der Waals surface area contributed by atoms with Gasteiger partial charge in [0.05, 0.1) is 13.0 Å². The van der Waals surface area contributed by atoms with Gasteiger partial charge in [-0.1, -0.05) is 36.4 Å². The monoisotopic (exact) mass is 331 g/mol. The van der Waals surface area contributed by atoms with Crippen molar-refractivity contribution in [2.45, 2.75) is 12.5 Å². The third-order valence-corrected chi connectivity index (χ3v) is 4.52. The molecule has 0 amide bonds. The number of methoxy groups -OCH3 is 1. The van der Waals surface area contributed by atoms with E-state index in [9.17, 15) is 13.6 Å². The van der Waals surface area contributed by atoms with E-state index in [4.69, 9.17) is 4.74 Å². The van der Waals surface area contributed by atoms with Gasteiger partial charge in [0.1, 0.15) is 0 Å². The third-order valence-electron chi connectivity index (χ3n) is 4.52. The summed E-state index contributed by atoms with van der Waals surface area (Å²) in [5.74, 6) is -2.69. The van der Waals surface area contributed by atoms with E-state index in [0.29, 0.717) is 25.2 Å². The Kier molecular flexibility index (Phi) is 4.90. The summed E-state index contributed by atoms with van der Waals surface area (Å²) < 4.78 is 31.7. The molecule has 1 saturated heterocycles. The van der Waals surface area contributed by atoms with Crippen LogP contribution in [0.1, 0.15) is 17.0 Å². The van der Waals surface area contributed by atoms with Crippen molar-refractivity contribution in [1.29, 1.82) is 0 Å². The first-order chi connectivity index (χ1) is 11.6. The molecule has 1 heterocycles. The minimum Gasteiger partial charge on any atom is -0.469 e. The molecular weight excluding hydrogens is 312 g/mol. The van der Waals surface area contributed by atoms with Gasteiger partial charge in [0.25, 0.3) is 0 Å². The van der Waals surface area contributed by atoms with Crippen LogP contribution in [-0.2, 0) is 16.1 Å². The van der Waals surface area contributed by atoms with E-state index in [1.165, 1.54) is 13.2 Å². The lowest BCUT2D eigenvalue weighted by molar-refractivity contribution is -0.145. The number of benzene rings is 2. The quantitative estimate of drug-likeness (QED) is 0.805. The van der Waals surface area contributed by atoms with Gasteiger partial charge in [-0.05, 0) is 23.3 Å². The molecule has 1 aliphatic heterocycles. The molecule has 0 spiro atoms. The second kappa shape index (κ2) is 7.09. The van der Waals surface area contributed by atoms with E-state index in [2.05, 4.69) is 4.90 Å². The van der Waals surface area contributed by atoms with Crippen LogP contribution in [0, 0.1) is 17.6 Å². The summed E-state index contributed by atoms with van der Waals surface area (Å²) in [5.41, 5.74) is 1.77. The van der Waals surface area contributed by atoms with E-state index in [1.807, 2.05) is 30.3 Å². The second-order valence-electron chi connectivity index (χ2n) is 6.09. The van der Waals surface area contributed by atoms with Gasteiger partial charge in [0.2, 0.25) is 0 Å². The molecule has 126 valence electrons. The molecule has 2 unspecified atom stereocenters. The Morgan fingerprint density at radius 2 is 1.88 bits per heavy atom. The fraction of sp³-hybridized carbons (Fsp3) is 0.316. The van der Waals surface area contributed by atoms with Crippen molar-refractivity contribution < 1.29 is 18.3 Å². The van der Waals surface area contributed by atoms with Gasteiger partial charge < -0.3 is 4.74 Å². The Labute approximate surface area is 139 Å². The maximum absolute atomic E-state index is 13.6. The zero-order valence-electron chi connectivity index (χ0n) is 13.4. The number of hydrogen-bond acceptors (Lipinski definition) is 3. The Hall–Kier alpha value is -2.27. The van der Waals surface area contributed by atoms with E-state index in [0.717, 1.165) is 11.6 Å². The molecule has 0 aromatic heterocycles. The summed E-state index contributed by atoms with van der Waals surface area (Å²) in [6.07, 6.45) is 0. The molecule has 24 heavy (non-hydrogen) atoms. The average Bonchev–Trinajstić information content (AvgIpc) is 3.01. The molecule has 5 heteroatoms. The number of carbonyl (C=O) groups excluding carboxylic acids is 1. The first-order valence-electron chi connectivity index (χ1n) is 7.87. The number of halogens is 2. The van der Waals surface area contributed by atoms with Crippen molar-refractivity contribution in [3.63, 3.8) is 0 Å². The summed E-state index contributed by atoms with van der Waals surface area (Å²) in [5, 5.41) is 0. The topological polar surface area (TPSA) is 29.5 Å². The lowest BCUT2D eigenvalue weighted by Crippen LogP contribution is -2.24. The third kappa shape index (κ3) is 3.46. The normalized spacial score (nSPS) is 21.0. The Morgan fingerprint density at radius 3 is 2.54 bits per heavy atom. The molecule has 1 aliphatic rings. The maximum Gasteiger partial charge on any atom is 0.310 e. The molecule has 0 bridgehead atoms. The highest BCUT2D eigenvalue weighted by molar-refractivity contribution is 5.74. The van der Waals surface area contributed by atoms with Crippen LogP contribution >= 0.6 is 0 Å². The van der Waals surface area contributed by atoms with Gasteiger partial charge in [-0.2, -0.15) is 0 Å². The summed E-state index contributed by atoms with van der Waals surface area (Å²) in [7, 11) is 1.35. The SMILES string of the molecule is COC(=O)C1CN(Cc2ccccc2)CC1c1ccc(F)c(F)c1. The summed E-state index contributed by atoms with van der Waals surface area (Å²) in [6, 6.07) is 13.8. The maximum atomic E-state index is 13.6. The van der Waals surface area contributed by atoms with Crippen LogP contribution in [0.3, 0.4) is 0 Å². The molecule has 3 rings (SSSR count). The summed E-state index contributed by atoms with van der Waals surface area (Å²) in [6.45, 7) is 1.83. The minimum atomic E-state index is -0.891. The van der Waals surface area contributed by atoms with Crippen molar-refractivity contribution >= 4 is 5.97 Å². The van der Waals surface area contributed by atoms with Crippen LogP contribution < -0.4 is 0 Å². The summed E-state index contributed by atoms with van der Waals surface area (Å²) in [4.78, 5) is 14.3. The molecule has 3 nitrogen and oxygen atoms in total. The number of hydrogen-bond donors (Lipinski definition) is 0. The van der Waals surface area contributed by atoms with Crippen molar-refractivity contribution in [2.75, 3.05) is 20.2 Å². The van der Waals surface area contributed by atoms with Crippen LogP contribution in [0.2, 0.25) is 0 Å². The average molecular weight is 331 g/mol. The fourth-order valence-corrected chi connectivity index (χ4v) is 3.33. The molecule has 2 aromatic rings. The number of nitrogens with zero attached hydrogens (tertiary/aromatic N) is 1. The zero-order chi connectivity index (χ0) is 17.1. The molecule has 2 aromatic carbocycles. The number of esters is 1. The molecule has 0 N–H and O–H groups in total. The smallest absolute Gasteiger partial charge is 0.310 e. The van der Waals surface area contributed by atoms with Gasteiger partial charge >= 0.3 is 5.97 Å². The molecule has 0 radical (unpaired) electrons. The Balaban J connectivity index is 1.82. The van der Waals surface area contributed by atoms with Crippen LogP contribution in [0.25, 0.3) is 0 Å². The van der Waals surface area contributed by atoms with Crippen LogP contribution in [-0.4, -0.2) is 31.1 Å². The van der Waals surface area contributed by atoms with Gasteiger partial charge in [0, 0.05) is 25.6 Å². The van der Waals surface area contributed by atoms with E-state index in [-0.39, 0.29) is 17.8 Å². The largest absolute Gasteiger partial charge is 0.469 e. The predicted octanol–water partition coefficient (Wildman–Crippen LogP) is 3.35. The van der Waals surface area contributed by atoms with Crippen LogP contribution in [0.4, 0.5) is 8.78 Å². The number of ether oxygens (including phenoxy) is 1. The van der Waals surface area contributed by atoms with Gasteiger partial charge in [-0.15, -0.1) is 0 Å². The Bertz CT molecular complexity index is 721. The highest BCUT2D eigenvalue weighted by atomic mass is 19.2. The van der Waals surface area contributed by atoms with Gasteiger partial charge in [0.15, 0.2) is 11.6 Å². The van der Waals surface area contributed by atoms with Crippen LogP contribution in [0.15, 0.2) is 48.5 Å². The zero-order valence-corrected chi connectivity index (χ0v) is 13.4. The van der Waals surface area contributed by atoms with E-state index >= 15 is 0 Å². The first kappa shape index (κ1) is 16.6. The van der Waals surface area contributed by atoms with Crippen molar-refractivity contribution in [3.05, 3.63) is 71.3 Å². The van der Waals surface area contributed by atoms with E-state index in [1.54, 1.807) is 6.07 Å².